The number of fused-ring (bicyclic) bond motifs is 1. The summed E-state index contributed by atoms with van der Waals surface area (Å²) in [7, 11) is 0. The van der Waals surface area contributed by atoms with Gasteiger partial charge in [-0.3, -0.25) is 4.90 Å². The monoisotopic (exact) mass is 423 g/mol. The van der Waals surface area contributed by atoms with Crippen molar-refractivity contribution < 1.29 is 9.50 Å². The second-order valence-electron chi connectivity index (χ2n) is 7.53. The van der Waals surface area contributed by atoms with E-state index >= 15 is 0 Å². The summed E-state index contributed by atoms with van der Waals surface area (Å²) < 4.78 is 15.7. The number of hydrogen-bond donors (Lipinski definition) is 1. The molecule has 1 saturated heterocycles. The summed E-state index contributed by atoms with van der Waals surface area (Å²) in [5.41, 5.74) is 2.94. The molecule has 8 heteroatoms. The predicted molar refractivity (Wildman–Crippen MR) is 116 cm³/mol. The molecule has 0 aliphatic carbocycles. The summed E-state index contributed by atoms with van der Waals surface area (Å²) in [6.45, 7) is 4.99. The molecule has 4 aromatic rings. The molecule has 6 nitrogen and oxygen atoms in total. The molecule has 0 bridgehead atoms. The van der Waals surface area contributed by atoms with Crippen LogP contribution in [0.2, 0.25) is 0 Å². The third kappa shape index (κ3) is 3.32. The second kappa shape index (κ2) is 7.70. The van der Waals surface area contributed by atoms with Crippen LogP contribution in [0.25, 0.3) is 4.96 Å². The molecular weight excluding hydrogens is 401 g/mol. The molecule has 2 aromatic heterocycles. The zero-order valence-corrected chi connectivity index (χ0v) is 17.4. The van der Waals surface area contributed by atoms with E-state index < -0.39 is 0 Å². The molecular formula is C22H22FN5OS. The first-order chi connectivity index (χ1) is 14.6. The molecule has 1 atom stereocenters. The molecule has 1 fully saturated rings. The van der Waals surface area contributed by atoms with Gasteiger partial charge >= 0.3 is 0 Å². The van der Waals surface area contributed by atoms with E-state index in [0.717, 1.165) is 23.5 Å². The standard InChI is InChI=1S/C22H22FN5OS/c1-15-6-8-16(9-7-15)19(20-21(29)28-22(30-20)24-14-25-28)27-12-10-26(11-13-27)18-5-3-2-4-17(18)23/h2-9,14,19,29H,10-13H2,1H3/t19-/m1/s1. The molecule has 5 rings (SSSR count). The van der Waals surface area contributed by atoms with Crippen LogP contribution in [0.4, 0.5) is 10.1 Å². The van der Waals surface area contributed by atoms with Crippen LogP contribution in [0.15, 0.2) is 54.9 Å². The molecule has 0 unspecified atom stereocenters. The van der Waals surface area contributed by atoms with Gasteiger partial charge in [0.25, 0.3) is 0 Å². The number of aromatic nitrogens is 3. The number of thiazole rings is 1. The Hall–Kier alpha value is -2.97. The van der Waals surface area contributed by atoms with Gasteiger partial charge in [-0.2, -0.15) is 9.61 Å². The maximum atomic E-state index is 14.2. The molecule has 1 aliphatic rings. The highest BCUT2D eigenvalue weighted by Gasteiger charge is 2.31. The van der Waals surface area contributed by atoms with Crippen molar-refractivity contribution in [2.45, 2.75) is 13.0 Å². The number of benzene rings is 2. The van der Waals surface area contributed by atoms with Gasteiger partial charge < -0.3 is 10.0 Å². The van der Waals surface area contributed by atoms with Crippen LogP contribution in [0.3, 0.4) is 0 Å². The van der Waals surface area contributed by atoms with Gasteiger partial charge in [-0.15, -0.1) is 0 Å². The fraction of sp³-hybridized carbons (Fsp3) is 0.273. The number of para-hydroxylation sites is 1. The fourth-order valence-electron chi connectivity index (χ4n) is 4.08. The second-order valence-corrected chi connectivity index (χ2v) is 8.54. The van der Waals surface area contributed by atoms with E-state index in [-0.39, 0.29) is 17.7 Å². The van der Waals surface area contributed by atoms with E-state index in [0.29, 0.717) is 23.7 Å². The van der Waals surface area contributed by atoms with E-state index in [9.17, 15) is 9.50 Å². The van der Waals surface area contributed by atoms with E-state index in [1.54, 1.807) is 6.07 Å². The number of nitrogens with zero attached hydrogens (tertiary/aromatic N) is 5. The lowest BCUT2D eigenvalue weighted by Gasteiger charge is -2.40. The molecule has 0 radical (unpaired) electrons. The number of anilines is 1. The minimum Gasteiger partial charge on any atom is -0.492 e. The highest BCUT2D eigenvalue weighted by Crippen LogP contribution is 2.40. The van der Waals surface area contributed by atoms with Gasteiger partial charge in [-0.25, -0.2) is 9.37 Å². The minimum absolute atomic E-state index is 0.109. The van der Waals surface area contributed by atoms with E-state index in [1.807, 2.05) is 12.1 Å². The topological polar surface area (TPSA) is 56.9 Å². The Morgan fingerprint density at radius 3 is 2.47 bits per heavy atom. The van der Waals surface area contributed by atoms with Crippen molar-refractivity contribution in [3.63, 3.8) is 0 Å². The lowest BCUT2D eigenvalue weighted by Crippen LogP contribution is -2.48. The third-order valence-electron chi connectivity index (χ3n) is 5.65. The highest BCUT2D eigenvalue weighted by molar-refractivity contribution is 7.17. The molecule has 0 spiro atoms. The summed E-state index contributed by atoms with van der Waals surface area (Å²) in [4.78, 5) is 10.2. The van der Waals surface area contributed by atoms with Crippen molar-refractivity contribution >= 4 is 22.0 Å². The average molecular weight is 424 g/mol. The Kier molecular flexibility index (Phi) is 4.88. The van der Waals surface area contributed by atoms with Crippen molar-refractivity contribution in [2.75, 3.05) is 31.1 Å². The van der Waals surface area contributed by atoms with Gasteiger partial charge in [-0.1, -0.05) is 53.3 Å². The average Bonchev–Trinajstić information content (AvgIpc) is 3.34. The SMILES string of the molecule is Cc1ccc([C@H](c2sc3ncnn3c2O)N2CCN(c3ccccc3F)CC2)cc1. The number of halogens is 1. The number of aromatic hydroxyl groups is 1. The molecule has 2 aromatic carbocycles. The summed E-state index contributed by atoms with van der Waals surface area (Å²) in [6.07, 6.45) is 1.45. The van der Waals surface area contributed by atoms with Gasteiger partial charge in [0.05, 0.1) is 16.6 Å². The summed E-state index contributed by atoms with van der Waals surface area (Å²) >= 11 is 1.46. The summed E-state index contributed by atoms with van der Waals surface area (Å²) in [5.74, 6) is -0.0566. The number of aryl methyl sites for hydroxylation is 1. The van der Waals surface area contributed by atoms with Gasteiger partial charge in [0.1, 0.15) is 12.1 Å². The Labute approximate surface area is 177 Å². The van der Waals surface area contributed by atoms with Crippen LogP contribution in [0, 0.1) is 12.7 Å². The molecule has 30 heavy (non-hydrogen) atoms. The molecule has 0 amide bonds. The van der Waals surface area contributed by atoms with Crippen LogP contribution < -0.4 is 4.90 Å². The quantitative estimate of drug-likeness (QED) is 0.540. The normalized spacial score (nSPS) is 16.3. The van der Waals surface area contributed by atoms with E-state index in [1.165, 1.54) is 33.8 Å². The van der Waals surface area contributed by atoms with Gasteiger partial charge in [-0.05, 0) is 24.6 Å². The predicted octanol–water partition coefficient (Wildman–Crippen LogP) is 3.86. The maximum absolute atomic E-state index is 14.2. The van der Waals surface area contributed by atoms with Crippen LogP contribution in [-0.4, -0.2) is 50.8 Å². The molecule has 1 N–H and O–H groups in total. The van der Waals surface area contributed by atoms with Crippen LogP contribution in [0.5, 0.6) is 5.88 Å². The van der Waals surface area contributed by atoms with E-state index in [4.69, 9.17) is 0 Å². The summed E-state index contributed by atoms with van der Waals surface area (Å²) in [6, 6.07) is 15.2. The van der Waals surface area contributed by atoms with Crippen LogP contribution in [-0.2, 0) is 0 Å². The molecule has 1 aliphatic heterocycles. The Morgan fingerprint density at radius 2 is 1.77 bits per heavy atom. The minimum atomic E-state index is -0.191. The van der Waals surface area contributed by atoms with Crippen molar-refractivity contribution in [2.24, 2.45) is 0 Å². The Balaban J connectivity index is 1.47. The highest BCUT2D eigenvalue weighted by atomic mass is 32.1. The largest absolute Gasteiger partial charge is 0.492 e. The zero-order chi connectivity index (χ0) is 20.7. The van der Waals surface area contributed by atoms with Crippen molar-refractivity contribution in [1.29, 1.82) is 0 Å². The fourth-order valence-corrected chi connectivity index (χ4v) is 5.17. The molecule has 154 valence electrons. The molecule has 0 saturated carbocycles. The maximum Gasteiger partial charge on any atom is 0.230 e. The first-order valence-electron chi connectivity index (χ1n) is 9.93. The van der Waals surface area contributed by atoms with Gasteiger partial charge in [0.2, 0.25) is 10.8 Å². The van der Waals surface area contributed by atoms with Crippen molar-refractivity contribution in [1.82, 2.24) is 19.5 Å². The number of rotatable bonds is 4. The van der Waals surface area contributed by atoms with Gasteiger partial charge in [0.15, 0.2) is 0 Å². The zero-order valence-electron chi connectivity index (χ0n) is 16.6. The van der Waals surface area contributed by atoms with Crippen molar-refractivity contribution in [3.05, 3.63) is 76.7 Å². The lowest BCUT2D eigenvalue weighted by atomic mass is 10.0. The van der Waals surface area contributed by atoms with Crippen molar-refractivity contribution in [3.8, 4) is 5.88 Å². The number of hydrogen-bond acceptors (Lipinski definition) is 6. The Morgan fingerprint density at radius 1 is 1.03 bits per heavy atom. The first kappa shape index (κ1) is 19.0. The van der Waals surface area contributed by atoms with Crippen LogP contribution in [0.1, 0.15) is 22.0 Å². The molecule has 3 heterocycles. The Bertz CT molecular complexity index is 1160. The smallest absolute Gasteiger partial charge is 0.230 e. The van der Waals surface area contributed by atoms with E-state index in [2.05, 4.69) is 51.1 Å². The third-order valence-corrected chi connectivity index (χ3v) is 6.74. The summed E-state index contributed by atoms with van der Waals surface area (Å²) in [5, 5.41) is 15.0. The van der Waals surface area contributed by atoms with Crippen LogP contribution >= 0.6 is 11.3 Å². The lowest BCUT2D eigenvalue weighted by molar-refractivity contribution is 0.210. The van der Waals surface area contributed by atoms with Gasteiger partial charge in [0, 0.05) is 26.2 Å². The first-order valence-corrected chi connectivity index (χ1v) is 10.7. The number of piperazine rings is 1.